The van der Waals surface area contributed by atoms with E-state index in [1.807, 2.05) is 12.1 Å². The maximum atomic E-state index is 5.71. The molecule has 0 aliphatic rings. The third-order valence-corrected chi connectivity index (χ3v) is 2.15. The molecule has 1 heterocycles. The molecule has 4 N–H and O–H groups in total. The largest absolute Gasteiger partial charge is 0.493 e. The van der Waals surface area contributed by atoms with Gasteiger partial charge in [-0.15, -0.1) is 0 Å². The third-order valence-electron chi connectivity index (χ3n) is 2.15. The molecule has 0 saturated heterocycles. The molecule has 0 aliphatic heterocycles. The molecule has 0 radical (unpaired) electrons. The van der Waals surface area contributed by atoms with Crippen LogP contribution in [0, 0.1) is 0 Å². The van der Waals surface area contributed by atoms with Crippen LogP contribution in [0.5, 0.6) is 17.4 Å². The molecular weight excluding hydrogens is 220 g/mol. The Morgan fingerprint density at radius 1 is 1.06 bits per heavy atom. The predicted molar refractivity (Wildman–Crippen MR) is 63.9 cm³/mol. The van der Waals surface area contributed by atoms with E-state index >= 15 is 0 Å². The number of hydrogen-bond acceptors (Lipinski definition) is 6. The number of ether oxygens (including phenoxy) is 2. The predicted octanol–water partition coefficient (Wildman–Crippen LogP) is 1.44. The number of nitrogens with two attached hydrogens (primary N) is 2. The van der Waals surface area contributed by atoms with Gasteiger partial charge in [0, 0.05) is 0 Å². The molecule has 2 rings (SSSR count). The van der Waals surface area contributed by atoms with Crippen LogP contribution in [0.1, 0.15) is 0 Å². The van der Waals surface area contributed by atoms with E-state index in [4.69, 9.17) is 20.9 Å². The summed E-state index contributed by atoms with van der Waals surface area (Å²) in [5, 5.41) is 0. The second-order valence-corrected chi connectivity index (χ2v) is 3.23. The van der Waals surface area contributed by atoms with Crippen molar-refractivity contribution < 1.29 is 9.47 Å². The molecule has 0 saturated carbocycles. The summed E-state index contributed by atoms with van der Waals surface area (Å²) in [5.74, 6) is 1.50. The molecule has 6 heteroatoms. The topological polar surface area (TPSA) is 96.3 Å². The highest BCUT2D eigenvalue weighted by Crippen LogP contribution is 2.33. The van der Waals surface area contributed by atoms with Crippen LogP contribution in [-0.4, -0.2) is 17.1 Å². The van der Waals surface area contributed by atoms with Crippen LogP contribution >= 0.6 is 0 Å². The van der Waals surface area contributed by atoms with Gasteiger partial charge in [-0.3, -0.25) is 0 Å². The first-order valence-electron chi connectivity index (χ1n) is 4.89. The first kappa shape index (κ1) is 11.0. The van der Waals surface area contributed by atoms with Crippen LogP contribution in [0.15, 0.2) is 30.6 Å². The van der Waals surface area contributed by atoms with Crippen LogP contribution in [0.2, 0.25) is 0 Å². The van der Waals surface area contributed by atoms with Gasteiger partial charge in [-0.2, -0.15) is 4.98 Å². The minimum absolute atomic E-state index is 0.185. The average molecular weight is 232 g/mol. The van der Waals surface area contributed by atoms with Gasteiger partial charge in [0.25, 0.3) is 0 Å². The Bertz CT molecular complexity index is 531. The SMILES string of the molecule is COc1ccccc1Oc1ncnc(N)c1N. The third kappa shape index (κ3) is 2.20. The summed E-state index contributed by atoms with van der Waals surface area (Å²) in [6.07, 6.45) is 1.29. The molecule has 6 nitrogen and oxygen atoms in total. The van der Waals surface area contributed by atoms with Gasteiger partial charge in [0.15, 0.2) is 17.3 Å². The van der Waals surface area contributed by atoms with E-state index in [-0.39, 0.29) is 17.4 Å². The number of benzene rings is 1. The number of hydrogen-bond donors (Lipinski definition) is 2. The number of anilines is 2. The van der Waals surface area contributed by atoms with Crippen molar-refractivity contribution in [1.29, 1.82) is 0 Å². The Balaban J connectivity index is 2.35. The summed E-state index contributed by atoms with van der Waals surface area (Å²) in [5.41, 5.74) is 11.5. The highest BCUT2D eigenvalue weighted by molar-refractivity contribution is 5.64. The molecule has 0 bridgehead atoms. The standard InChI is InChI=1S/C11H12N4O2/c1-16-7-4-2-3-5-8(7)17-11-9(12)10(13)14-6-15-11/h2-6H,12H2,1H3,(H2,13,14,15). The first-order chi connectivity index (χ1) is 8.22. The highest BCUT2D eigenvalue weighted by Gasteiger charge is 2.10. The highest BCUT2D eigenvalue weighted by atomic mass is 16.5. The zero-order chi connectivity index (χ0) is 12.3. The van der Waals surface area contributed by atoms with Gasteiger partial charge in [0.05, 0.1) is 7.11 Å². The van der Waals surface area contributed by atoms with E-state index in [0.717, 1.165) is 0 Å². The minimum Gasteiger partial charge on any atom is -0.493 e. The van der Waals surface area contributed by atoms with Gasteiger partial charge in [0.1, 0.15) is 12.0 Å². The van der Waals surface area contributed by atoms with Crippen LogP contribution in [0.3, 0.4) is 0 Å². The molecule has 0 spiro atoms. The van der Waals surface area contributed by atoms with E-state index in [2.05, 4.69) is 9.97 Å². The number of nitrogen functional groups attached to an aromatic ring is 2. The molecule has 17 heavy (non-hydrogen) atoms. The molecule has 0 amide bonds. The molecule has 0 fully saturated rings. The number of rotatable bonds is 3. The molecule has 0 unspecified atom stereocenters. The van der Waals surface area contributed by atoms with E-state index in [1.54, 1.807) is 19.2 Å². The minimum atomic E-state index is 0.185. The van der Waals surface area contributed by atoms with Crippen molar-refractivity contribution in [1.82, 2.24) is 9.97 Å². The summed E-state index contributed by atoms with van der Waals surface area (Å²) >= 11 is 0. The van der Waals surface area contributed by atoms with E-state index in [0.29, 0.717) is 11.5 Å². The molecule has 1 aromatic carbocycles. The Hall–Kier alpha value is -2.50. The number of aromatic nitrogens is 2. The van der Waals surface area contributed by atoms with Gasteiger partial charge < -0.3 is 20.9 Å². The lowest BCUT2D eigenvalue weighted by Gasteiger charge is -2.10. The van der Waals surface area contributed by atoms with Crippen molar-refractivity contribution in [2.45, 2.75) is 0 Å². The lowest BCUT2D eigenvalue weighted by molar-refractivity contribution is 0.375. The van der Waals surface area contributed by atoms with Crippen molar-refractivity contribution in [3.05, 3.63) is 30.6 Å². The summed E-state index contributed by atoms with van der Waals surface area (Å²) in [7, 11) is 1.56. The maximum Gasteiger partial charge on any atom is 0.248 e. The fourth-order valence-corrected chi connectivity index (χ4v) is 1.28. The van der Waals surface area contributed by atoms with Gasteiger partial charge >= 0.3 is 0 Å². The number of methoxy groups -OCH3 is 1. The first-order valence-corrected chi connectivity index (χ1v) is 4.89. The number of para-hydroxylation sites is 2. The van der Waals surface area contributed by atoms with Crippen LogP contribution in [0.4, 0.5) is 11.5 Å². The summed E-state index contributed by atoms with van der Waals surface area (Å²) in [6, 6.07) is 7.18. The average Bonchev–Trinajstić information content (AvgIpc) is 2.35. The Kier molecular flexibility index (Phi) is 2.95. The normalized spacial score (nSPS) is 9.94. The van der Waals surface area contributed by atoms with Crippen molar-refractivity contribution >= 4 is 11.5 Å². The van der Waals surface area contributed by atoms with Crippen LogP contribution < -0.4 is 20.9 Å². The smallest absolute Gasteiger partial charge is 0.248 e. The van der Waals surface area contributed by atoms with Crippen molar-refractivity contribution in [3.8, 4) is 17.4 Å². The van der Waals surface area contributed by atoms with Crippen molar-refractivity contribution in [2.75, 3.05) is 18.6 Å². The van der Waals surface area contributed by atoms with Crippen LogP contribution in [-0.2, 0) is 0 Å². The summed E-state index contributed by atoms with van der Waals surface area (Å²) < 4.78 is 10.7. The monoisotopic (exact) mass is 232 g/mol. The Morgan fingerprint density at radius 2 is 1.76 bits per heavy atom. The van der Waals surface area contributed by atoms with Crippen molar-refractivity contribution in [3.63, 3.8) is 0 Å². The lowest BCUT2D eigenvalue weighted by atomic mass is 10.3. The Labute approximate surface area is 98.2 Å². The number of nitrogens with zero attached hydrogens (tertiary/aromatic N) is 2. The zero-order valence-corrected chi connectivity index (χ0v) is 9.25. The quantitative estimate of drug-likeness (QED) is 0.831. The fraction of sp³-hybridized carbons (Fsp3) is 0.0909. The van der Waals surface area contributed by atoms with E-state index in [1.165, 1.54) is 6.33 Å². The zero-order valence-electron chi connectivity index (χ0n) is 9.25. The lowest BCUT2D eigenvalue weighted by Crippen LogP contribution is -2.02. The molecular formula is C11H12N4O2. The second kappa shape index (κ2) is 4.56. The van der Waals surface area contributed by atoms with Gasteiger partial charge in [0.2, 0.25) is 5.88 Å². The molecule has 2 aromatic rings. The van der Waals surface area contributed by atoms with Gasteiger partial charge in [-0.25, -0.2) is 4.98 Å². The molecule has 0 atom stereocenters. The van der Waals surface area contributed by atoms with Crippen molar-refractivity contribution in [2.24, 2.45) is 0 Å². The summed E-state index contributed by atoms with van der Waals surface area (Å²) in [4.78, 5) is 7.67. The maximum absolute atomic E-state index is 5.71. The van der Waals surface area contributed by atoms with Crippen LogP contribution in [0.25, 0.3) is 0 Å². The molecule has 0 aliphatic carbocycles. The molecule has 1 aromatic heterocycles. The fourth-order valence-electron chi connectivity index (χ4n) is 1.28. The molecule has 88 valence electrons. The van der Waals surface area contributed by atoms with E-state index in [9.17, 15) is 0 Å². The van der Waals surface area contributed by atoms with Gasteiger partial charge in [-0.1, -0.05) is 12.1 Å². The second-order valence-electron chi connectivity index (χ2n) is 3.23. The Morgan fingerprint density at radius 3 is 2.47 bits per heavy atom. The van der Waals surface area contributed by atoms with E-state index < -0.39 is 0 Å². The van der Waals surface area contributed by atoms with Gasteiger partial charge in [-0.05, 0) is 12.1 Å². The summed E-state index contributed by atoms with van der Waals surface area (Å²) in [6.45, 7) is 0.